The number of aromatic nitrogens is 5. The van der Waals surface area contributed by atoms with E-state index in [4.69, 9.17) is 9.84 Å². The van der Waals surface area contributed by atoms with Crippen LogP contribution in [0.3, 0.4) is 0 Å². The molecule has 10 nitrogen and oxygen atoms in total. The predicted molar refractivity (Wildman–Crippen MR) is 59.0 cm³/mol. The third-order valence-corrected chi connectivity index (χ3v) is 2.95. The van der Waals surface area contributed by atoms with Crippen molar-refractivity contribution in [2.75, 3.05) is 6.61 Å². The Morgan fingerprint density at radius 1 is 1.37 bits per heavy atom. The molecule has 4 N–H and O–H groups in total. The highest BCUT2D eigenvalue weighted by Gasteiger charge is 2.44. The summed E-state index contributed by atoms with van der Waals surface area (Å²) in [6.07, 6.45) is -3.39. The zero-order valence-corrected chi connectivity index (χ0v) is 9.54. The Balaban J connectivity index is 2.01. The highest BCUT2D eigenvalue weighted by Crippen LogP contribution is 2.28. The lowest BCUT2D eigenvalue weighted by Gasteiger charge is -2.12. The number of hydrogen-bond donors (Lipinski definition) is 4. The Labute approximate surface area is 105 Å². The van der Waals surface area contributed by atoms with Crippen LogP contribution in [-0.2, 0) is 4.74 Å². The van der Waals surface area contributed by atoms with Crippen molar-refractivity contribution in [3.8, 4) is 0 Å². The van der Waals surface area contributed by atoms with E-state index >= 15 is 0 Å². The van der Waals surface area contributed by atoms with Crippen LogP contribution >= 0.6 is 0 Å². The fraction of sp³-hybridized carbons (Fsp3) is 0.556. The Bertz CT molecular complexity index is 654. The molecule has 102 valence electrons. The van der Waals surface area contributed by atoms with Crippen LogP contribution in [0.5, 0.6) is 0 Å². The molecule has 0 bridgehead atoms. The molecule has 1 aliphatic heterocycles. The lowest BCUT2D eigenvalue weighted by molar-refractivity contribution is -0.0650. The molecule has 0 radical (unpaired) electrons. The van der Waals surface area contributed by atoms with Gasteiger partial charge in [0.2, 0.25) is 5.65 Å². The number of nitrogens with one attached hydrogen (secondary N) is 1. The number of rotatable bonds is 2. The molecule has 3 rings (SSSR count). The molecule has 10 heteroatoms. The second kappa shape index (κ2) is 4.35. The highest BCUT2D eigenvalue weighted by atomic mass is 16.6. The third kappa shape index (κ3) is 1.81. The lowest BCUT2D eigenvalue weighted by atomic mass is 10.1. The van der Waals surface area contributed by atoms with Gasteiger partial charge in [0.1, 0.15) is 18.3 Å². The first kappa shape index (κ1) is 12.2. The van der Waals surface area contributed by atoms with E-state index in [9.17, 15) is 15.0 Å². The minimum atomic E-state index is -1.31. The first-order valence-electron chi connectivity index (χ1n) is 5.54. The SMILES string of the molecule is O=c1[nH]cnc2nn([C@@H]3O[C@@H](CO)[C@@H](O)[C@@H]3O)nc12. The first-order valence-corrected chi connectivity index (χ1v) is 5.54. The van der Waals surface area contributed by atoms with Gasteiger partial charge in [0, 0.05) is 0 Å². The van der Waals surface area contributed by atoms with Gasteiger partial charge in [-0.05, 0) is 0 Å². The summed E-state index contributed by atoms with van der Waals surface area (Å²) in [5.41, 5.74) is -0.371. The van der Waals surface area contributed by atoms with Crippen LogP contribution in [0.4, 0.5) is 0 Å². The Hall–Kier alpha value is -1.88. The largest absolute Gasteiger partial charge is 0.394 e. The molecule has 0 saturated carbocycles. The second-order valence-electron chi connectivity index (χ2n) is 4.15. The van der Waals surface area contributed by atoms with E-state index in [2.05, 4.69) is 20.2 Å². The molecule has 3 heterocycles. The van der Waals surface area contributed by atoms with Crippen LogP contribution in [0.1, 0.15) is 6.23 Å². The maximum Gasteiger partial charge on any atom is 0.280 e. The monoisotopic (exact) mass is 269 g/mol. The number of ether oxygens (including phenoxy) is 1. The summed E-state index contributed by atoms with van der Waals surface area (Å²) in [5, 5.41) is 36.2. The molecule has 2 aromatic rings. The molecule has 0 amide bonds. The van der Waals surface area contributed by atoms with Crippen molar-refractivity contribution in [1.82, 2.24) is 25.0 Å². The zero-order chi connectivity index (χ0) is 13.6. The fourth-order valence-corrected chi connectivity index (χ4v) is 1.95. The van der Waals surface area contributed by atoms with E-state index in [0.717, 1.165) is 4.80 Å². The van der Waals surface area contributed by atoms with Gasteiger partial charge in [0.15, 0.2) is 11.7 Å². The third-order valence-electron chi connectivity index (χ3n) is 2.95. The predicted octanol–water partition coefficient (Wildman–Crippen LogP) is -2.87. The normalized spacial score (nSPS) is 31.1. The summed E-state index contributed by atoms with van der Waals surface area (Å²) >= 11 is 0. The topological polar surface area (TPSA) is 146 Å². The van der Waals surface area contributed by atoms with Gasteiger partial charge in [-0.25, -0.2) is 4.98 Å². The van der Waals surface area contributed by atoms with Crippen molar-refractivity contribution in [3.63, 3.8) is 0 Å². The molecule has 1 saturated heterocycles. The van der Waals surface area contributed by atoms with Crippen LogP contribution in [0.25, 0.3) is 11.2 Å². The van der Waals surface area contributed by atoms with Gasteiger partial charge in [0.25, 0.3) is 5.56 Å². The minimum Gasteiger partial charge on any atom is -0.394 e. The Kier molecular flexibility index (Phi) is 2.78. The standard InChI is InChI=1S/C9H11N5O5/c15-1-3-5(16)6(17)9(19-3)14-12-4-7(13-14)10-2-11-8(4)18/h2-3,5-6,9,15-17H,1H2,(H,10,11,13,18)/t3-,5+,6-,9+/m0/s1. The van der Waals surface area contributed by atoms with E-state index in [1.807, 2.05) is 0 Å². The number of fused-ring (bicyclic) bond motifs is 1. The lowest BCUT2D eigenvalue weighted by Crippen LogP contribution is -2.33. The summed E-state index contributed by atoms with van der Waals surface area (Å²) in [5.74, 6) is 0. The number of hydrogen-bond acceptors (Lipinski definition) is 8. The van der Waals surface area contributed by atoms with Crippen LogP contribution in [-0.4, -0.2) is 65.2 Å². The molecule has 2 aromatic heterocycles. The number of H-pyrrole nitrogens is 1. The van der Waals surface area contributed by atoms with Crippen molar-refractivity contribution in [1.29, 1.82) is 0 Å². The average molecular weight is 269 g/mol. The van der Waals surface area contributed by atoms with E-state index in [0.29, 0.717) is 0 Å². The Morgan fingerprint density at radius 2 is 2.16 bits per heavy atom. The summed E-state index contributed by atoms with van der Waals surface area (Å²) in [7, 11) is 0. The van der Waals surface area contributed by atoms with Crippen LogP contribution < -0.4 is 5.56 Å². The van der Waals surface area contributed by atoms with Gasteiger partial charge in [-0.15, -0.1) is 15.0 Å². The molecule has 19 heavy (non-hydrogen) atoms. The van der Waals surface area contributed by atoms with Gasteiger partial charge in [-0.1, -0.05) is 0 Å². The molecular formula is C9H11N5O5. The van der Waals surface area contributed by atoms with E-state index in [1.165, 1.54) is 6.33 Å². The molecular weight excluding hydrogens is 258 g/mol. The van der Waals surface area contributed by atoms with Crippen molar-refractivity contribution < 1.29 is 20.1 Å². The highest BCUT2D eigenvalue weighted by molar-refractivity contribution is 5.66. The number of nitrogens with zero attached hydrogens (tertiary/aromatic N) is 4. The number of aromatic amines is 1. The van der Waals surface area contributed by atoms with Crippen molar-refractivity contribution >= 4 is 11.2 Å². The quantitative estimate of drug-likeness (QED) is 0.455. The van der Waals surface area contributed by atoms with Crippen LogP contribution in [0.2, 0.25) is 0 Å². The number of aliphatic hydroxyl groups excluding tert-OH is 3. The van der Waals surface area contributed by atoms with Crippen molar-refractivity contribution in [3.05, 3.63) is 16.7 Å². The minimum absolute atomic E-state index is 0.000221. The first-order chi connectivity index (χ1) is 9.11. The average Bonchev–Trinajstić information content (AvgIpc) is 2.94. The molecule has 4 atom stereocenters. The summed E-state index contributed by atoms with van der Waals surface area (Å²) in [6, 6.07) is 0. The molecule has 1 aliphatic rings. The number of aliphatic hydroxyl groups is 3. The van der Waals surface area contributed by atoms with Gasteiger partial charge in [-0.2, -0.15) is 0 Å². The second-order valence-corrected chi connectivity index (χ2v) is 4.15. The molecule has 0 spiro atoms. The van der Waals surface area contributed by atoms with E-state index in [-0.39, 0.29) is 11.2 Å². The van der Waals surface area contributed by atoms with E-state index < -0.39 is 36.7 Å². The van der Waals surface area contributed by atoms with Gasteiger partial charge < -0.3 is 25.0 Å². The Morgan fingerprint density at radius 3 is 2.79 bits per heavy atom. The summed E-state index contributed by atoms with van der Waals surface area (Å²) in [6.45, 7) is -0.450. The van der Waals surface area contributed by atoms with E-state index in [1.54, 1.807) is 0 Å². The van der Waals surface area contributed by atoms with Gasteiger partial charge in [0.05, 0.1) is 12.9 Å². The van der Waals surface area contributed by atoms with Crippen LogP contribution in [0, 0.1) is 0 Å². The van der Waals surface area contributed by atoms with Crippen molar-refractivity contribution in [2.24, 2.45) is 0 Å². The fourth-order valence-electron chi connectivity index (χ4n) is 1.95. The van der Waals surface area contributed by atoms with Gasteiger partial charge in [-0.3, -0.25) is 4.79 Å². The molecule has 0 aliphatic carbocycles. The van der Waals surface area contributed by atoms with Gasteiger partial charge >= 0.3 is 0 Å². The molecule has 1 fully saturated rings. The summed E-state index contributed by atoms with van der Waals surface area (Å²) in [4.78, 5) is 18.6. The zero-order valence-electron chi connectivity index (χ0n) is 9.54. The summed E-state index contributed by atoms with van der Waals surface area (Å²) < 4.78 is 5.24. The van der Waals surface area contributed by atoms with Crippen LogP contribution in [0.15, 0.2) is 11.1 Å². The molecule has 0 aromatic carbocycles. The maximum atomic E-state index is 11.5. The molecule has 0 unspecified atom stereocenters. The smallest absolute Gasteiger partial charge is 0.280 e. The van der Waals surface area contributed by atoms with Crippen molar-refractivity contribution in [2.45, 2.75) is 24.5 Å². The maximum absolute atomic E-state index is 11.5.